The lowest BCUT2D eigenvalue weighted by atomic mass is 10.1. The maximum atomic E-state index is 12.3. The van der Waals surface area contributed by atoms with Crippen LogP contribution in [0.15, 0.2) is 58.1 Å². The Bertz CT molecular complexity index is 968. The summed E-state index contributed by atoms with van der Waals surface area (Å²) < 4.78 is 0.685. The van der Waals surface area contributed by atoms with Crippen molar-refractivity contribution in [2.45, 2.75) is 6.92 Å². The number of aromatic nitrogens is 2. The zero-order valence-electron chi connectivity index (χ0n) is 11.8. The fourth-order valence-electron chi connectivity index (χ4n) is 2.13. The Morgan fingerprint density at radius 2 is 1.73 bits per heavy atom. The quantitative estimate of drug-likeness (QED) is 0.749. The summed E-state index contributed by atoms with van der Waals surface area (Å²) >= 11 is 0. The lowest BCUT2D eigenvalue weighted by Crippen LogP contribution is -2.43. The van der Waals surface area contributed by atoms with Gasteiger partial charge in [-0.15, -0.1) is 0 Å². The molecule has 0 saturated heterocycles. The van der Waals surface area contributed by atoms with Gasteiger partial charge in [-0.3, -0.25) is 15.0 Å². The molecule has 0 bridgehead atoms. The molecule has 0 fully saturated rings. The van der Waals surface area contributed by atoms with Crippen LogP contribution in [0.4, 0.5) is 0 Å². The number of H-pyrrole nitrogens is 1. The van der Waals surface area contributed by atoms with E-state index in [2.05, 4.69) is 10.4 Å². The van der Waals surface area contributed by atoms with Gasteiger partial charge >= 0.3 is 5.69 Å². The Morgan fingerprint density at radius 1 is 1.05 bits per heavy atom. The zero-order chi connectivity index (χ0) is 15.7. The molecule has 0 aliphatic carbocycles. The number of fused-ring (bicyclic) bond motifs is 1. The van der Waals surface area contributed by atoms with Crippen molar-refractivity contribution < 1.29 is 4.79 Å². The second-order valence-electron chi connectivity index (χ2n) is 4.92. The summed E-state index contributed by atoms with van der Waals surface area (Å²) in [4.78, 5) is 39.0. The molecule has 1 aromatic heterocycles. The molecular formula is C16H13N3O3. The minimum absolute atomic E-state index is 0.325. The molecule has 0 spiro atoms. The number of aryl methyl sites for hydroxylation is 1. The number of hydrogen-bond acceptors (Lipinski definition) is 3. The Hall–Kier alpha value is -3.15. The van der Waals surface area contributed by atoms with E-state index in [0.717, 1.165) is 5.56 Å². The van der Waals surface area contributed by atoms with Gasteiger partial charge in [0.15, 0.2) is 0 Å². The fraction of sp³-hybridized carbons (Fsp3) is 0.0625. The number of nitrogens with zero attached hydrogens (tertiary/aromatic N) is 1. The van der Waals surface area contributed by atoms with Gasteiger partial charge in [0.1, 0.15) is 0 Å². The van der Waals surface area contributed by atoms with Crippen LogP contribution < -0.4 is 16.7 Å². The number of carbonyl (C=O) groups excluding carboxylic acids is 1. The van der Waals surface area contributed by atoms with E-state index >= 15 is 0 Å². The number of benzene rings is 2. The van der Waals surface area contributed by atoms with E-state index in [1.807, 2.05) is 6.92 Å². The zero-order valence-corrected chi connectivity index (χ0v) is 11.8. The summed E-state index contributed by atoms with van der Waals surface area (Å²) in [6, 6.07) is 13.4. The van der Waals surface area contributed by atoms with Crippen molar-refractivity contribution in [2.75, 3.05) is 5.43 Å². The first-order valence-corrected chi connectivity index (χ1v) is 6.68. The predicted molar refractivity (Wildman–Crippen MR) is 83.7 cm³/mol. The highest BCUT2D eigenvalue weighted by molar-refractivity contribution is 6.00. The molecule has 1 amide bonds. The minimum atomic E-state index is -0.691. The molecular weight excluding hydrogens is 282 g/mol. The van der Waals surface area contributed by atoms with Crippen LogP contribution in [0.2, 0.25) is 0 Å². The van der Waals surface area contributed by atoms with Crippen molar-refractivity contribution in [3.05, 3.63) is 80.5 Å². The molecule has 0 aliphatic heterocycles. The third-order valence-electron chi connectivity index (χ3n) is 3.33. The number of para-hydroxylation sites is 1. The lowest BCUT2D eigenvalue weighted by molar-refractivity contribution is 0.101. The molecule has 0 aliphatic rings. The molecule has 3 rings (SSSR count). The minimum Gasteiger partial charge on any atom is -0.305 e. The SMILES string of the molecule is Cc1ccc(C(=O)Nn2c(=O)[nH]c3ccccc3c2=O)cc1. The summed E-state index contributed by atoms with van der Waals surface area (Å²) in [6.45, 7) is 1.90. The van der Waals surface area contributed by atoms with Crippen molar-refractivity contribution >= 4 is 16.8 Å². The van der Waals surface area contributed by atoms with E-state index in [9.17, 15) is 14.4 Å². The van der Waals surface area contributed by atoms with E-state index in [1.54, 1.807) is 48.5 Å². The fourth-order valence-corrected chi connectivity index (χ4v) is 2.13. The van der Waals surface area contributed by atoms with Crippen LogP contribution in [-0.2, 0) is 0 Å². The number of carbonyl (C=O) groups is 1. The van der Waals surface area contributed by atoms with Gasteiger partial charge < -0.3 is 4.98 Å². The molecule has 3 aromatic rings. The van der Waals surface area contributed by atoms with E-state index in [-0.39, 0.29) is 0 Å². The van der Waals surface area contributed by atoms with Gasteiger partial charge in [0.25, 0.3) is 11.5 Å². The van der Waals surface area contributed by atoms with Crippen LogP contribution in [0, 0.1) is 6.92 Å². The van der Waals surface area contributed by atoms with Crippen LogP contribution >= 0.6 is 0 Å². The number of hydrogen-bond donors (Lipinski definition) is 2. The Morgan fingerprint density at radius 3 is 2.45 bits per heavy atom. The largest absolute Gasteiger partial charge is 0.348 e. The van der Waals surface area contributed by atoms with Gasteiger partial charge in [0.05, 0.1) is 10.9 Å². The average Bonchev–Trinajstić information content (AvgIpc) is 2.52. The van der Waals surface area contributed by atoms with Gasteiger partial charge in [-0.05, 0) is 31.2 Å². The Balaban J connectivity index is 2.04. The van der Waals surface area contributed by atoms with Gasteiger partial charge in [0.2, 0.25) is 0 Å². The molecule has 0 unspecified atom stereocenters. The predicted octanol–water partition coefficient (Wildman–Crippen LogP) is 1.38. The van der Waals surface area contributed by atoms with Gasteiger partial charge in [0, 0.05) is 5.56 Å². The molecule has 22 heavy (non-hydrogen) atoms. The molecule has 0 radical (unpaired) electrons. The summed E-state index contributed by atoms with van der Waals surface area (Å²) in [5.74, 6) is -0.525. The molecule has 6 nitrogen and oxygen atoms in total. The van der Waals surface area contributed by atoms with E-state index in [4.69, 9.17) is 0 Å². The first-order valence-electron chi connectivity index (χ1n) is 6.68. The van der Waals surface area contributed by atoms with Crippen LogP contribution in [-0.4, -0.2) is 15.6 Å². The standard InChI is InChI=1S/C16H13N3O3/c1-10-6-8-11(9-7-10)14(20)18-19-15(21)12-4-2-3-5-13(12)17-16(19)22/h2-9H,1H3,(H,17,22)(H,18,20). The first kappa shape index (κ1) is 13.8. The maximum Gasteiger partial charge on any atom is 0.348 e. The van der Waals surface area contributed by atoms with Crippen molar-refractivity contribution in [2.24, 2.45) is 0 Å². The molecule has 110 valence electrons. The van der Waals surface area contributed by atoms with Crippen LogP contribution in [0.3, 0.4) is 0 Å². The third-order valence-corrected chi connectivity index (χ3v) is 3.33. The van der Waals surface area contributed by atoms with E-state index in [1.165, 1.54) is 0 Å². The molecule has 0 saturated carbocycles. The summed E-state index contributed by atoms with van der Waals surface area (Å²) in [5, 5.41) is 0.325. The smallest absolute Gasteiger partial charge is 0.305 e. The van der Waals surface area contributed by atoms with Crippen LogP contribution in [0.5, 0.6) is 0 Å². The van der Waals surface area contributed by atoms with Crippen LogP contribution in [0.25, 0.3) is 10.9 Å². The van der Waals surface area contributed by atoms with E-state index in [0.29, 0.717) is 21.1 Å². The summed E-state index contributed by atoms with van der Waals surface area (Å²) in [6.07, 6.45) is 0. The highest BCUT2D eigenvalue weighted by Gasteiger charge is 2.11. The molecule has 2 N–H and O–H groups in total. The monoisotopic (exact) mass is 295 g/mol. The lowest BCUT2D eigenvalue weighted by Gasteiger charge is -2.08. The maximum absolute atomic E-state index is 12.3. The summed E-state index contributed by atoms with van der Waals surface area (Å²) in [7, 11) is 0. The van der Waals surface area contributed by atoms with Crippen molar-refractivity contribution in [1.29, 1.82) is 0 Å². The second-order valence-corrected chi connectivity index (χ2v) is 4.92. The molecule has 6 heteroatoms. The normalized spacial score (nSPS) is 10.6. The first-order chi connectivity index (χ1) is 10.6. The topological polar surface area (TPSA) is 84.0 Å². The number of aromatic amines is 1. The van der Waals surface area contributed by atoms with Gasteiger partial charge in [-0.2, -0.15) is 4.68 Å². The van der Waals surface area contributed by atoms with E-state index < -0.39 is 17.2 Å². The highest BCUT2D eigenvalue weighted by atomic mass is 16.2. The molecule has 0 atom stereocenters. The van der Waals surface area contributed by atoms with Crippen molar-refractivity contribution in [3.8, 4) is 0 Å². The molecule has 2 aromatic carbocycles. The van der Waals surface area contributed by atoms with Crippen molar-refractivity contribution in [1.82, 2.24) is 9.66 Å². The second kappa shape index (κ2) is 5.33. The Labute approximate surface area is 125 Å². The van der Waals surface area contributed by atoms with Crippen LogP contribution in [0.1, 0.15) is 15.9 Å². The third kappa shape index (κ3) is 2.42. The summed E-state index contributed by atoms with van der Waals surface area (Å²) in [5.41, 5.74) is 2.87. The number of amides is 1. The van der Waals surface area contributed by atoms with Crippen molar-refractivity contribution in [3.63, 3.8) is 0 Å². The number of nitrogens with one attached hydrogen (secondary N) is 2. The highest BCUT2D eigenvalue weighted by Crippen LogP contribution is 2.04. The average molecular weight is 295 g/mol. The molecule has 1 heterocycles. The van der Waals surface area contributed by atoms with Gasteiger partial charge in [-0.1, -0.05) is 29.8 Å². The van der Waals surface area contributed by atoms with Gasteiger partial charge in [-0.25, -0.2) is 4.79 Å². The Kier molecular flexibility index (Phi) is 3.34. The number of rotatable bonds is 2.